The fraction of sp³-hybridized carbons (Fsp3) is 0.533. The summed E-state index contributed by atoms with van der Waals surface area (Å²) in [5.74, 6) is 0.156. The van der Waals surface area contributed by atoms with Gasteiger partial charge in [0.05, 0.1) is 0 Å². The molecule has 2 rings (SSSR count). The Labute approximate surface area is 122 Å². The first-order valence-electron chi connectivity index (χ1n) is 7.17. The molecule has 0 unspecified atom stereocenters. The van der Waals surface area contributed by atoms with E-state index in [-0.39, 0.29) is 17.7 Å². The van der Waals surface area contributed by atoms with Crippen molar-refractivity contribution >= 4 is 5.91 Å². The fourth-order valence-corrected chi connectivity index (χ4v) is 2.37. The molecule has 0 saturated carbocycles. The van der Waals surface area contributed by atoms with Crippen LogP contribution in [0, 0.1) is 0 Å². The third-order valence-electron chi connectivity index (χ3n) is 3.45. The maximum Gasteiger partial charge on any atom is 0.387 e. The van der Waals surface area contributed by atoms with Gasteiger partial charge in [0.2, 0.25) is 5.91 Å². The van der Waals surface area contributed by atoms with Gasteiger partial charge in [0.25, 0.3) is 0 Å². The van der Waals surface area contributed by atoms with Crippen LogP contribution in [-0.4, -0.2) is 31.7 Å². The molecule has 1 aromatic carbocycles. The van der Waals surface area contributed by atoms with E-state index < -0.39 is 6.61 Å². The largest absolute Gasteiger partial charge is 0.435 e. The van der Waals surface area contributed by atoms with E-state index in [0.29, 0.717) is 12.8 Å². The summed E-state index contributed by atoms with van der Waals surface area (Å²) in [5, 5.41) is 6.25. The van der Waals surface area contributed by atoms with Gasteiger partial charge in [0, 0.05) is 19.0 Å². The van der Waals surface area contributed by atoms with E-state index in [9.17, 15) is 13.6 Å². The number of piperidine rings is 1. The smallest absolute Gasteiger partial charge is 0.387 e. The molecule has 6 heteroatoms. The van der Waals surface area contributed by atoms with Crippen LogP contribution in [0.15, 0.2) is 24.3 Å². The number of rotatable bonds is 6. The maximum absolute atomic E-state index is 12.0. The molecule has 0 radical (unpaired) electrons. The van der Waals surface area contributed by atoms with E-state index in [1.165, 1.54) is 12.1 Å². The number of carbonyl (C=O) groups excluding carboxylic acids is 1. The lowest BCUT2D eigenvalue weighted by Gasteiger charge is -2.23. The molecule has 1 saturated heterocycles. The minimum absolute atomic E-state index is 0.0246. The summed E-state index contributed by atoms with van der Waals surface area (Å²) in [6.07, 6.45) is 3.07. The molecule has 1 fully saturated rings. The van der Waals surface area contributed by atoms with E-state index in [1.54, 1.807) is 12.1 Å². The number of amides is 1. The zero-order chi connectivity index (χ0) is 15.1. The van der Waals surface area contributed by atoms with Crippen LogP contribution < -0.4 is 15.4 Å². The van der Waals surface area contributed by atoms with Crippen LogP contribution in [0.5, 0.6) is 5.75 Å². The summed E-state index contributed by atoms with van der Waals surface area (Å²) in [6, 6.07) is 6.60. The average molecular weight is 298 g/mol. The van der Waals surface area contributed by atoms with E-state index in [4.69, 9.17) is 0 Å². The fourth-order valence-electron chi connectivity index (χ4n) is 2.37. The Morgan fingerprint density at radius 2 is 2.14 bits per heavy atom. The Morgan fingerprint density at radius 1 is 1.38 bits per heavy atom. The van der Waals surface area contributed by atoms with E-state index in [2.05, 4.69) is 15.4 Å². The lowest BCUT2D eigenvalue weighted by atomic mass is 10.1. The lowest BCUT2D eigenvalue weighted by Crippen LogP contribution is -2.45. The van der Waals surface area contributed by atoms with Crippen molar-refractivity contribution in [3.8, 4) is 5.75 Å². The van der Waals surface area contributed by atoms with Gasteiger partial charge < -0.3 is 15.4 Å². The predicted molar refractivity (Wildman–Crippen MR) is 75.4 cm³/mol. The second-order valence-corrected chi connectivity index (χ2v) is 5.13. The number of alkyl halides is 2. The summed E-state index contributed by atoms with van der Waals surface area (Å²) in [4.78, 5) is 11.8. The summed E-state index contributed by atoms with van der Waals surface area (Å²) in [7, 11) is 0. The van der Waals surface area contributed by atoms with Crippen LogP contribution in [0.2, 0.25) is 0 Å². The topological polar surface area (TPSA) is 50.4 Å². The van der Waals surface area contributed by atoms with Crippen LogP contribution >= 0.6 is 0 Å². The molecule has 0 aromatic heterocycles. The van der Waals surface area contributed by atoms with Crippen molar-refractivity contribution in [3.63, 3.8) is 0 Å². The SMILES string of the molecule is O=C(CCc1ccc(OC(F)F)cc1)N[C@H]1CCCNC1. The maximum atomic E-state index is 12.0. The predicted octanol–water partition coefficient (Wildman–Crippen LogP) is 2.09. The Balaban J connectivity index is 1.73. The number of ether oxygens (including phenoxy) is 1. The third-order valence-corrected chi connectivity index (χ3v) is 3.45. The first kappa shape index (κ1) is 15.7. The van der Waals surface area contributed by atoms with Crippen molar-refractivity contribution in [2.45, 2.75) is 38.3 Å². The summed E-state index contributed by atoms with van der Waals surface area (Å²) in [5.41, 5.74) is 0.925. The lowest BCUT2D eigenvalue weighted by molar-refractivity contribution is -0.121. The molecule has 1 atom stereocenters. The third kappa shape index (κ3) is 5.67. The highest BCUT2D eigenvalue weighted by atomic mass is 19.3. The van der Waals surface area contributed by atoms with Crippen molar-refractivity contribution < 1.29 is 18.3 Å². The highest BCUT2D eigenvalue weighted by molar-refractivity contribution is 5.76. The van der Waals surface area contributed by atoms with Gasteiger partial charge in [-0.2, -0.15) is 8.78 Å². The van der Waals surface area contributed by atoms with Gasteiger partial charge >= 0.3 is 6.61 Å². The standard InChI is InChI=1S/C15H20F2N2O2/c16-15(17)21-13-6-3-11(4-7-13)5-8-14(20)19-12-2-1-9-18-10-12/h3-4,6-7,12,15,18H,1-2,5,8-10H2,(H,19,20)/t12-/m0/s1. The number of halogens is 2. The van der Waals surface area contributed by atoms with Crippen molar-refractivity contribution in [2.24, 2.45) is 0 Å². The minimum Gasteiger partial charge on any atom is -0.435 e. The van der Waals surface area contributed by atoms with Gasteiger partial charge in [0.15, 0.2) is 0 Å². The Kier molecular flexibility index (Phi) is 5.92. The molecule has 21 heavy (non-hydrogen) atoms. The molecule has 1 aromatic rings. The number of benzene rings is 1. The monoisotopic (exact) mass is 298 g/mol. The Morgan fingerprint density at radius 3 is 2.76 bits per heavy atom. The first-order valence-corrected chi connectivity index (χ1v) is 7.17. The van der Waals surface area contributed by atoms with Gasteiger partial charge in [-0.15, -0.1) is 0 Å². The van der Waals surface area contributed by atoms with Crippen LogP contribution in [0.25, 0.3) is 0 Å². The summed E-state index contributed by atoms with van der Waals surface area (Å²) in [6.45, 7) is -0.976. The van der Waals surface area contributed by atoms with Crippen molar-refractivity contribution in [3.05, 3.63) is 29.8 Å². The quantitative estimate of drug-likeness (QED) is 0.845. The number of hydrogen-bond acceptors (Lipinski definition) is 3. The molecular formula is C15H20F2N2O2. The zero-order valence-corrected chi connectivity index (χ0v) is 11.8. The highest BCUT2D eigenvalue weighted by Gasteiger charge is 2.15. The minimum atomic E-state index is -2.81. The van der Waals surface area contributed by atoms with Crippen LogP contribution in [0.4, 0.5) is 8.78 Å². The number of nitrogens with one attached hydrogen (secondary N) is 2. The van der Waals surface area contributed by atoms with Gasteiger partial charge in [-0.3, -0.25) is 4.79 Å². The molecule has 2 N–H and O–H groups in total. The summed E-state index contributed by atoms with van der Waals surface area (Å²) >= 11 is 0. The van der Waals surface area contributed by atoms with Crippen molar-refractivity contribution in [2.75, 3.05) is 13.1 Å². The molecule has 4 nitrogen and oxygen atoms in total. The highest BCUT2D eigenvalue weighted by Crippen LogP contribution is 2.15. The van der Waals surface area contributed by atoms with Crippen LogP contribution in [0.3, 0.4) is 0 Å². The number of carbonyl (C=O) groups is 1. The average Bonchev–Trinajstić information content (AvgIpc) is 2.47. The van der Waals surface area contributed by atoms with E-state index >= 15 is 0 Å². The molecule has 1 aliphatic heterocycles. The first-order chi connectivity index (χ1) is 10.1. The van der Waals surface area contributed by atoms with Crippen LogP contribution in [0.1, 0.15) is 24.8 Å². The van der Waals surface area contributed by atoms with Crippen LogP contribution in [-0.2, 0) is 11.2 Å². The molecule has 0 aliphatic carbocycles. The van der Waals surface area contributed by atoms with E-state index in [1.807, 2.05) is 0 Å². The van der Waals surface area contributed by atoms with E-state index in [0.717, 1.165) is 31.5 Å². The Hall–Kier alpha value is -1.69. The second kappa shape index (κ2) is 7.93. The number of hydrogen-bond donors (Lipinski definition) is 2. The van der Waals surface area contributed by atoms with Gasteiger partial charge in [0.1, 0.15) is 5.75 Å². The molecule has 1 aliphatic rings. The zero-order valence-electron chi connectivity index (χ0n) is 11.8. The van der Waals surface area contributed by atoms with Crippen molar-refractivity contribution in [1.29, 1.82) is 0 Å². The second-order valence-electron chi connectivity index (χ2n) is 5.13. The van der Waals surface area contributed by atoms with Crippen molar-refractivity contribution in [1.82, 2.24) is 10.6 Å². The summed E-state index contributed by atoms with van der Waals surface area (Å²) < 4.78 is 28.3. The normalized spacial score (nSPS) is 18.5. The molecule has 1 amide bonds. The molecule has 0 spiro atoms. The molecule has 1 heterocycles. The number of aryl methyl sites for hydroxylation is 1. The molecule has 116 valence electrons. The molecule has 0 bridgehead atoms. The van der Waals surface area contributed by atoms with Gasteiger partial charge in [-0.1, -0.05) is 12.1 Å². The van der Waals surface area contributed by atoms with Gasteiger partial charge in [-0.05, 0) is 43.5 Å². The Bertz CT molecular complexity index is 445. The van der Waals surface area contributed by atoms with Gasteiger partial charge in [-0.25, -0.2) is 0 Å². The molecular weight excluding hydrogens is 278 g/mol.